The second-order valence-electron chi connectivity index (χ2n) is 4.38. The van der Waals surface area contributed by atoms with Crippen molar-refractivity contribution in [3.63, 3.8) is 0 Å². The number of hydrogen-bond acceptors (Lipinski definition) is 5. The highest BCUT2D eigenvalue weighted by Gasteiger charge is 2.36. The van der Waals surface area contributed by atoms with Gasteiger partial charge in [-0.3, -0.25) is 4.72 Å². The maximum absolute atomic E-state index is 11.9. The molecule has 19 heavy (non-hydrogen) atoms. The molecule has 1 aliphatic rings. The summed E-state index contributed by atoms with van der Waals surface area (Å²) < 4.78 is 31.4. The highest BCUT2D eigenvalue weighted by atomic mass is 32.2. The predicted molar refractivity (Wildman–Crippen MR) is 75.2 cm³/mol. The highest BCUT2D eigenvalue weighted by Crippen LogP contribution is 2.34. The van der Waals surface area contributed by atoms with Crippen LogP contribution in [-0.4, -0.2) is 26.2 Å². The largest absolute Gasteiger partial charge is 0.462 e. The number of hydrogen-bond donors (Lipinski definition) is 1. The standard InChI is InChI=1S/C12H17NO4S2/c1-3-8-7-10(12(14)17-4-2)11(18-8)13-19(15,16)9-5-6-9/h7,9,13H,3-6H2,1-2H3. The van der Waals surface area contributed by atoms with E-state index in [0.717, 1.165) is 11.3 Å². The molecule has 0 atom stereocenters. The van der Waals surface area contributed by atoms with Crippen LogP contribution in [0.4, 0.5) is 5.00 Å². The van der Waals surface area contributed by atoms with Crippen molar-refractivity contribution < 1.29 is 17.9 Å². The molecule has 0 aromatic carbocycles. The van der Waals surface area contributed by atoms with Gasteiger partial charge in [0.25, 0.3) is 0 Å². The summed E-state index contributed by atoms with van der Waals surface area (Å²) in [4.78, 5) is 12.8. The molecule has 0 amide bonds. The van der Waals surface area contributed by atoms with E-state index in [4.69, 9.17) is 4.74 Å². The average molecular weight is 303 g/mol. The minimum Gasteiger partial charge on any atom is -0.462 e. The van der Waals surface area contributed by atoms with Crippen LogP contribution < -0.4 is 4.72 Å². The van der Waals surface area contributed by atoms with Crippen molar-refractivity contribution in [2.24, 2.45) is 0 Å². The van der Waals surface area contributed by atoms with Crippen molar-refractivity contribution >= 4 is 32.3 Å². The lowest BCUT2D eigenvalue weighted by Gasteiger charge is -2.07. The van der Waals surface area contributed by atoms with Crippen LogP contribution in [0.2, 0.25) is 0 Å². The summed E-state index contributed by atoms with van der Waals surface area (Å²) >= 11 is 1.29. The van der Waals surface area contributed by atoms with Gasteiger partial charge < -0.3 is 4.74 Å². The van der Waals surface area contributed by atoms with Gasteiger partial charge in [0.15, 0.2) is 0 Å². The molecule has 106 valence electrons. The number of thiophene rings is 1. The zero-order chi connectivity index (χ0) is 14.0. The smallest absolute Gasteiger partial charge is 0.341 e. The summed E-state index contributed by atoms with van der Waals surface area (Å²) in [6.45, 7) is 3.95. The summed E-state index contributed by atoms with van der Waals surface area (Å²) in [5.74, 6) is -0.480. The minimum atomic E-state index is -3.35. The monoisotopic (exact) mass is 303 g/mol. The van der Waals surface area contributed by atoms with E-state index in [1.54, 1.807) is 13.0 Å². The molecule has 0 bridgehead atoms. The van der Waals surface area contributed by atoms with Crippen molar-refractivity contribution in [2.45, 2.75) is 38.4 Å². The molecule has 0 radical (unpaired) electrons. The number of sulfonamides is 1. The summed E-state index contributed by atoms with van der Waals surface area (Å²) in [6.07, 6.45) is 2.13. The van der Waals surface area contributed by atoms with Crippen molar-refractivity contribution in [1.82, 2.24) is 0 Å². The molecule has 7 heteroatoms. The van der Waals surface area contributed by atoms with Crippen LogP contribution in [0.25, 0.3) is 0 Å². The van der Waals surface area contributed by atoms with Gasteiger partial charge in [0.05, 0.1) is 17.4 Å². The Labute approximate surface area is 117 Å². The molecule has 1 N–H and O–H groups in total. The molecule has 0 aliphatic heterocycles. The summed E-state index contributed by atoms with van der Waals surface area (Å²) in [5, 5.41) is 0.0666. The van der Waals surface area contributed by atoms with Crippen molar-refractivity contribution in [2.75, 3.05) is 11.3 Å². The van der Waals surface area contributed by atoms with Gasteiger partial charge in [-0.2, -0.15) is 0 Å². The van der Waals surface area contributed by atoms with E-state index >= 15 is 0 Å². The number of anilines is 1. The number of nitrogens with one attached hydrogen (secondary N) is 1. The van der Waals surface area contributed by atoms with Gasteiger partial charge in [0.1, 0.15) is 5.00 Å². The van der Waals surface area contributed by atoms with Crippen molar-refractivity contribution in [3.05, 3.63) is 16.5 Å². The van der Waals surface area contributed by atoms with E-state index < -0.39 is 16.0 Å². The second kappa shape index (κ2) is 5.50. The van der Waals surface area contributed by atoms with Crippen LogP contribution in [0.5, 0.6) is 0 Å². The molecule has 1 heterocycles. The average Bonchev–Trinajstić information content (AvgIpc) is 3.13. The van der Waals surface area contributed by atoms with Gasteiger partial charge >= 0.3 is 5.97 Å². The van der Waals surface area contributed by atoms with Crippen LogP contribution in [-0.2, 0) is 21.2 Å². The van der Waals surface area contributed by atoms with E-state index in [2.05, 4.69) is 4.72 Å². The molecule has 0 saturated heterocycles. The second-order valence-corrected chi connectivity index (χ2v) is 7.47. The SMILES string of the molecule is CCOC(=O)c1cc(CC)sc1NS(=O)(=O)C1CC1. The highest BCUT2D eigenvalue weighted by molar-refractivity contribution is 7.93. The Kier molecular flexibility index (Phi) is 4.15. The van der Waals surface area contributed by atoms with Crippen LogP contribution in [0.15, 0.2) is 6.07 Å². The third kappa shape index (κ3) is 3.27. The quantitative estimate of drug-likeness (QED) is 0.819. The van der Waals surface area contributed by atoms with E-state index in [9.17, 15) is 13.2 Å². The van der Waals surface area contributed by atoms with Crippen molar-refractivity contribution in [3.8, 4) is 0 Å². The molecule has 5 nitrogen and oxygen atoms in total. The van der Waals surface area contributed by atoms with Crippen LogP contribution in [0, 0.1) is 0 Å². The number of aryl methyl sites for hydroxylation is 1. The molecule has 0 spiro atoms. The Morgan fingerprint density at radius 2 is 2.16 bits per heavy atom. The Bertz CT molecular complexity index is 573. The van der Waals surface area contributed by atoms with Gasteiger partial charge in [-0.15, -0.1) is 11.3 Å². The van der Waals surface area contributed by atoms with Gasteiger partial charge in [0, 0.05) is 4.88 Å². The lowest BCUT2D eigenvalue weighted by atomic mass is 10.2. The predicted octanol–water partition coefficient (Wildman–Crippen LogP) is 2.39. The van der Waals surface area contributed by atoms with Crippen LogP contribution >= 0.6 is 11.3 Å². The third-order valence-corrected chi connectivity index (χ3v) is 5.99. The van der Waals surface area contributed by atoms with Crippen LogP contribution in [0.3, 0.4) is 0 Å². The Hall–Kier alpha value is -1.08. The van der Waals surface area contributed by atoms with Crippen molar-refractivity contribution in [1.29, 1.82) is 0 Å². The first-order chi connectivity index (χ1) is 8.97. The summed E-state index contributed by atoms with van der Waals surface area (Å²) in [5.41, 5.74) is 0.313. The van der Waals surface area contributed by atoms with E-state index in [1.807, 2.05) is 6.92 Å². The molecular weight excluding hydrogens is 286 g/mol. The molecule has 1 aromatic rings. The topological polar surface area (TPSA) is 72.5 Å². The minimum absolute atomic E-state index is 0.269. The fraction of sp³-hybridized carbons (Fsp3) is 0.583. The number of ether oxygens (including phenoxy) is 1. The molecule has 1 aliphatic carbocycles. The molecule has 1 saturated carbocycles. The number of rotatable bonds is 6. The summed E-state index contributed by atoms with van der Waals surface area (Å²) in [7, 11) is -3.35. The first kappa shape index (κ1) is 14.3. The fourth-order valence-electron chi connectivity index (χ4n) is 1.64. The van der Waals surface area contributed by atoms with Gasteiger partial charge in [-0.25, -0.2) is 13.2 Å². The zero-order valence-corrected chi connectivity index (χ0v) is 12.6. The maximum atomic E-state index is 11.9. The maximum Gasteiger partial charge on any atom is 0.341 e. The lowest BCUT2D eigenvalue weighted by molar-refractivity contribution is 0.0528. The number of esters is 1. The molecule has 0 unspecified atom stereocenters. The zero-order valence-electron chi connectivity index (χ0n) is 10.9. The third-order valence-electron chi connectivity index (χ3n) is 2.83. The Balaban J connectivity index is 2.27. The summed E-state index contributed by atoms with van der Waals surface area (Å²) in [6, 6.07) is 1.70. The van der Waals surface area contributed by atoms with E-state index in [1.165, 1.54) is 11.3 Å². The van der Waals surface area contributed by atoms with E-state index in [-0.39, 0.29) is 11.9 Å². The molecule has 2 rings (SSSR count). The van der Waals surface area contributed by atoms with Gasteiger partial charge in [0.2, 0.25) is 10.0 Å². The Morgan fingerprint density at radius 3 is 2.68 bits per heavy atom. The van der Waals surface area contributed by atoms with Crippen LogP contribution in [0.1, 0.15) is 41.9 Å². The molecular formula is C12H17NO4S2. The van der Waals surface area contributed by atoms with Gasteiger partial charge in [-0.05, 0) is 32.3 Å². The number of carbonyl (C=O) groups excluding carboxylic acids is 1. The first-order valence-corrected chi connectivity index (χ1v) is 8.65. The Morgan fingerprint density at radius 1 is 1.47 bits per heavy atom. The van der Waals surface area contributed by atoms with Gasteiger partial charge in [-0.1, -0.05) is 6.92 Å². The number of carbonyl (C=O) groups is 1. The first-order valence-electron chi connectivity index (χ1n) is 6.29. The van der Waals surface area contributed by atoms with E-state index in [0.29, 0.717) is 23.4 Å². The molecule has 1 aromatic heterocycles. The lowest BCUT2D eigenvalue weighted by Crippen LogP contribution is -2.18. The normalized spacial score (nSPS) is 15.3. The fourth-order valence-corrected chi connectivity index (χ4v) is 4.29. The molecule has 1 fully saturated rings.